The predicted molar refractivity (Wildman–Crippen MR) is 287 cm³/mol. The van der Waals surface area contributed by atoms with Crippen molar-refractivity contribution in [1.82, 2.24) is 18.4 Å². The third kappa shape index (κ3) is 10.8. The van der Waals surface area contributed by atoms with Gasteiger partial charge in [0.1, 0.15) is 0 Å². The minimum absolute atomic E-state index is 0.216. The zero-order chi connectivity index (χ0) is 48.0. The smallest absolute Gasteiger partial charge is 0.243 e. The number of likely N-dealkylation sites (tertiary alicyclic amines) is 2. The fourth-order valence-electron chi connectivity index (χ4n) is 11.8. The van der Waals surface area contributed by atoms with E-state index in [0.717, 1.165) is 45.7 Å². The average Bonchev–Trinajstić information content (AvgIpc) is 4.23. The van der Waals surface area contributed by atoms with Crippen LogP contribution in [0.1, 0.15) is 54.7 Å². The fraction of sp³-hybridized carbons (Fsp3) is 0.379. The Morgan fingerprint density at radius 2 is 0.857 bits per heavy atom. The average molecular weight is 1010 g/mol. The highest BCUT2D eigenvalue weighted by Crippen LogP contribution is 2.51. The molecule has 6 aliphatic rings. The highest BCUT2D eigenvalue weighted by molar-refractivity contribution is 8.00. The molecule has 0 saturated carbocycles. The first kappa shape index (κ1) is 49.3. The van der Waals surface area contributed by atoms with Crippen LogP contribution in [0.25, 0.3) is 0 Å². The minimum atomic E-state index is -3.49. The van der Waals surface area contributed by atoms with Gasteiger partial charge in [-0.3, -0.25) is 0 Å². The van der Waals surface area contributed by atoms with E-state index >= 15 is 0 Å². The lowest BCUT2D eigenvalue weighted by Crippen LogP contribution is -2.45. The van der Waals surface area contributed by atoms with Crippen molar-refractivity contribution < 1.29 is 16.8 Å². The van der Waals surface area contributed by atoms with E-state index < -0.39 is 20.0 Å². The molecule has 366 valence electrons. The van der Waals surface area contributed by atoms with E-state index in [9.17, 15) is 16.8 Å². The van der Waals surface area contributed by atoms with Crippen molar-refractivity contribution in [1.29, 1.82) is 0 Å². The van der Waals surface area contributed by atoms with Crippen LogP contribution < -0.4 is 0 Å². The number of sulfonamides is 2. The first-order chi connectivity index (χ1) is 34.1. The van der Waals surface area contributed by atoms with Crippen LogP contribution in [-0.4, -0.2) is 112 Å². The monoisotopic (exact) mass is 1010 g/mol. The topological polar surface area (TPSA) is 81.2 Å². The van der Waals surface area contributed by atoms with Gasteiger partial charge in [0.25, 0.3) is 0 Å². The molecule has 0 radical (unpaired) electrons. The summed E-state index contributed by atoms with van der Waals surface area (Å²) in [5.41, 5.74) is 5.03. The van der Waals surface area contributed by atoms with Gasteiger partial charge in [0.05, 0.1) is 9.79 Å². The van der Waals surface area contributed by atoms with Crippen LogP contribution in [0, 0.1) is 11.8 Å². The number of benzene rings is 6. The van der Waals surface area contributed by atoms with Crippen LogP contribution >= 0.6 is 23.5 Å². The van der Waals surface area contributed by atoms with Crippen LogP contribution in [0.4, 0.5) is 0 Å². The molecule has 0 aromatic heterocycles. The Kier molecular flexibility index (Phi) is 15.4. The fourth-order valence-corrected chi connectivity index (χ4v) is 17.9. The van der Waals surface area contributed by atoms with Gasteiger partial charge in [0.2, 0.25) is 20.0 Å². The van der Waals surface area contributed by atoms with Crippen LogP contribution in [0.2, 0.25) is 0 Å². The lowest BCUT2D eigenvalue weighted by molar-refractivity contribution is 0.148. The molecule has 6 heterocycles. The summed E-state index contributed by atoms with van der Waals surface area (Å²) in [5, 5.41) is 0. The van der Waals surface area contributed by atoms with Gasteiger partial charge in [-0.05, 0) is 123 Å². The van der Waals surface area contributed by atoms with E-state index in [1.54, 1.807) is 68.3 Å². The molecule has 0 N–H and O–H groups in total. The molecule has 4 saturated heterocycles. The van der Waals surface area contributed by atoms with E-state index in [0.29, 0.717) is 52.7 Å². The van der Waals surface area contributed by atoms with Gasteiger partial charge in [-0.15, -0.1) is 23.5 Å². The van der Waals surface area contributed by atoms with E-state index in [2.05, 4.69) is 82.6 Å². The molecule has 3 atom stereocenters. The molecule has 0 amide bonds. The van der Waals surface area contributed by atoms with Crippen molar-refractivity contribution in [3.05, 3.63) is 193 Å². The van der Waals surface area contributed by atoms with E-state index in [1.807, 2.05) is 78.1 Å². The molecule has 0 bridgehead atoms. The van der Waals surface area contributed by atoms with Crippen LogP contribution in [-0.2, 0) is 30.9 Å². The summed E-state index contributed by atoms with van der Waals surface area (Å²) in [6.07, 6.45) is 5.77. The van der Waals surface area contributed by atoms with Crippen LogP contribution in [0.15, 0.2) is 196 Å². The Morgan fingerprint density at radius 1 is 0.443 bits per heavy atom. The zero-order valence-corrected chi connectivity index (χ0v) is 43.3. The van der Waals surface area contributed by atoms with Crippen molar-refractivity contribution >= 4 is 43.6 Å². The highest BCUT2D eigenvalue weighted by atomic mass is 32.2. The quantitative estimate of drug-likeness (QED) is 0.142. The van der Waals surface area contributed by atoms with Gasteiger partial charge >= 0.3 is 0 Å². The van der Waals surface area contributed by atoms with Crippen molar-refractivity contribution in [3.63, 3.8) is 0 Å². The lowest BCUT2D eigenvalue weighted by Gasteiger charge is -2.41. The molecule has 6 aromatic rings. The number of rotatable bonds is 9. The Labute approximate surface area is 426 Å². The first-order valence-electron chi connectivity index (χ1n) is 25.2. The summed E-state index contributed by atoms with van der Waals surface area (Å²) in [5.74, 6) is 3.35. The summed E-state index contributed by atoms with van der Waals surface area (Å²) >= 11 is 4.03. The maximum absolute atomic E-state index is 13.4. The van der Waals surface area contributed by atoms with Crippen molar-refractivity contribution in [2.45, 2.75) is 68.4 Å². The van der Waals surface area contributed by atoms with Gasteiger partial charge in [0.15, 0.2) is 0 Å². The molecule has 0 unspecified atom stereocenters. The Morgan fingerprint density at radius 3 is 1.36 bits per heavy atom. The zero-order valence-electron chi connectivity index (χ0n) is 40.1. The summed E-state index contributed by atoms with van der Waals surface area (Å²) < 4.78 is 56.0. The predicted octanol–water partition coefficient (Wildman–Crippen LogP) is 10.8. The number of fused-ring (bicyclic) bond motifs is 4. The molecule has 6 aliphatic heterocycles. The maximum atomic E-state index is 13.4. The second-order valence-corrected chi connectivity index (χ2v) is 26.0. The number of piperidine rings is 2. The van der Waals surface area contributed by atoms with Gasteiger partial charge < -0.3 is 9.80 Å². The number of thioether (sulfide) groups is 2. The number of hydrogen-bond donors (Lipinski definition) is 0. The minimum Gasteiger partial charge on any atom is -0.303 e. The Hall–Kier alpha value is -4.24. The van der Waals surface area contributed by atoms with Gasteiger partial charge in [-0.25, -0.2) is 16.8 Å². The Balaban J connectivity index is 0.000000147. The summed E-state index contributed by atoms with van der Waals surface area (Å²) in [6.45, 7) is 8.80. The number of hydrogen-bond acceptors (Lipinski definition) is 8. The van der Waals surface area contributed by atoms with Crippen molar-refractivity contribution in [3.8, 4) is 0 Å². The van der Waals surface area contributed by atoms with Crippen molar-refractivity contribution in [2.24, 2.45) is 11.8 Å². The second-order valence-electron chi connectivity index (χ2n) is 20.1. The standard InChI is InChI=1S/C29H32N2O2S2.C23H28N2O2S2.C6H6/c32-35(33,25-11-5-2-6-12-25)31-20-24(26(21-31)23-9-3-1-4-10-23)19-30-17-15-29(16-18-30)22-34-28-14-8-7-13-27(28)29;26-29(27,20-6-2-1-3-7-20)25-13-10-19(17-25)16-24-14-11-23(12-15-24)18-28-22-9-5-4-8-21(22)23;1-2-4-6-5-3-1/h1-14,24,26H,15-22H2;1-9,19H,10-18H2;1-6H/t24-,26+;19-;/m00./s1. The number of nitrogens with zero attached hydrogens (tertiary/aromatic N) is 4. The highest BCUT2D eigenvalue weighted by Gasteiger charge is 2.45. The molecule has 70 heavy (non-hydrogen) atoms. The lowest BCUT2D eigenvalue weighted by atomic mass is 9.74. The van der Waals surface area contributed by atoms with Crippen LogP contribution in [0.5, 0.6) is 0 Å². The van der Waals surface area contributed by atoms with Gasteiger partial charge in [-0.1, -0.05) is 140 Å². The first-order valence-corrected chi connectivity index (χ1v) is 30.0. The van der Waals surface area contributed by atoms with Crippen LogP contribution in [0.3, 0.4) is 0 Å². The normalized spacial score (nSPS) is 23.2. The molecule has 12 rings (SSSR count). The summed E-state index contributed by atoms with van der Waals surface area (Å²) in [6, 6.07) is 58.1. The summed E-state index contributed by atoms with van der Waals surface area (Å²) in [4.78, 5) is 8.90. The van der Waals surface area contributed by atoms with E-state index in [-0.39, 0.29) is 11.8 Å². The molecule has 4 fully saturated rings. The molecule has 8 nitrogen and oxygen atoms in total. The van der Waals surface area contributed by atoms with Crippen molar-refractivity contribution in [2.75, 3.05) is 77.0 Å². The maximum Gasteiger partial charge on any atom is 0.243 e. The third-order valence-electron chi connectivity index (χ3n) is 15.9. The molecular formula is C58H66N4O4S4. The molecule has 0 aliphatic carbocycles. The second kappa shape index (κ2) is 21.9. The van der Waals surface area contributed by atoms with E-state index in [4.69, 9.17) is 0 Å². The largest absolute Gasteiger partial charge is 0.303 e. The summed E-state index contributed by atoms with van der Waals surface area (Å²) in [7, 11) is -6.85. The third-order valence-corrected chi connectivity index (χ3v) is 22.3. The molecule has 2 spiro atoms. The van der Waals surface area contributed by atoms with Gasteiger partial charge in [0, 0.05) is 77.3 Å². The van der Waals surface area contributed by atoms with E-state index in [1.165, 1.54) is 52.5 Å². The SMILES string of the molecule is O=S(=O)(c1ccccc1)N1CC[C@@H](CN2CCC3(CC2)CSc2ccccc23)C1.O=S(=O)(c1ccccc1)N1C[C@H](CN2CCC3(CC2)CSc2ccccc23)[C@@H](c2ccccc2)C1.c1ccccc1. The molecular weight excluding hydrogens is 945 g/mol. The Bertz CT molecular complexity index is 2830. The molecule has 6 aromatic carbocycles. The van der Waals surface area contributed by atoms with Gasteiger partial charge in [-0.2, -0.15) is 8.61 Å². The molecule has 12 heteroatoms.